The predicted octanol–water partition coefficient (Wildman–Crippen LogP) is 3.63. The van der Waals surface area contributed by atoms with Crippen LogP contribution in [0.5, 0.6) is 11.5 Å². The molecule has 0 amide bonds. The van der Waals surface area contributed by atoms with Crippen LogP contribution in [-0.4, -0.2) is 37.4 Å². The molecule has 144 valence electrons. The largest absolute Gasteiger partial charge is 0.493 e. The number of carbonyl (C=O) groups is 1. The Bertz CT molecular complexity index is 782. The van der Waals surface area contributed by atoms with Gasteiger partial charge in [-0.2, -0.15) is 0 Å². The zero-order valence-corrected chi connectivity index (χ0v) is 16.5. The Morgan fingerprint density at radius 3 is 2.59 bits per heavy atom. The third kappa shape index (κ3) is 6.45. The molecule has 6 nitrogen and oxygen atoms in total. The second-order valence-corrected chi connectivity index (χ2v) is 6.17. The summed E-state index contributed by atoms with van der Waals surface area (Å²) in [6.45, 7) is 4.47. The lowest BCUT2D eigenvalue weighted by molar-refractivity contribution is 0.0526. The summed E-state index contributed by atoms with van der Waals surface area (Å²) in [5.74, 6) is 0.995. The SMILES string of the molecule is CCOC(=O)c1cccc(NC(=S)N[C@H](C)COc2ccccc2OC)c1. The van der Waals surface area contributed by atoms with E-state index in [9.17, 15) is 4.79 Å². The number of methoxy groups -OCH3 is 1. The first-order chi connectivity index (χ1) is 13.0. The van der Waals surface area contributed by atoms with Crippen LogP contribution in [0, 0.1) is 0 Å². The molecular formula is C20H24N2O4S. The molecule has 7 heteroatoms. The summed E-state index contributed by atoms with van der Waals surface area (Å²) < 4.78 is 16.0. The normalized spacial score (nSPS) is 11.2. The van der Waals surface area contributed by atoms with Crippen LogP contribution in [-0.2, 0) is 4.74 Å². The highest BCUT2D eigenvalue weighted by atomic mass is 32.1. The summed E-state index contributed by atoms with van der Waals surface area (Å²) >= 11 is 5.33. The molecule has 0 radical (unpaired) electrons. The molecule has 0 aliphatic carbocycles. The fourth-order valence-electron chi connectivity index (χ4n) is 2.32. The van der Waals surface area contributed by atoms with Crippen molar-refractivity contribution < 1.29 is 19.0 Å². The molecule has 0 fully saturated rings. The lowest BCUT2D eigenvalue weighted by atomic mass is 10.2. The molecule has 0 spiro atoms. The highest BCUT2D eigenvalue weighted by molar-refractivity contribution is 7.80. The molecule has 2 aromatic carbocycles. The van der Waals surface area contributed by atoms with Gasteiger partial charge in [-0.1, -0.05) is 18.2 Å². The van der Waals surface area contributed by atoms with Gasteiger partial charge < -0.3 is 24.8 Å². The van der Waals surface area contributed by atoms with Gasteiger partial charge in [0.1, 0.15) is 6.61 Å². The van der Waals surface area contributed by atoms with Gasteiger partial charge in [0.25, 0.3) is 0 Å². The Morgan fingerprint density at radius 2 is 1.89 bits per heavy atom. The van der Waals surface area contributed by atoms with Gasteiger partial charge in [-0.15, -0.1) is 0 Å². The molecular weight excluding hydrogens is 364 g/mol. The topological polar surface area (TPSA) is 68.8 Å². The Morgan fingerprint density at radius 1 is 1.15 bits per heavy atom. The molecule has 0 saturated carbocycles. The molecule has 0 bridgehead atoms. The maximum absolute atomic E-state index is 11.8. The summed E-state index contributed by atoms with van der Waals surface area (Å²) in [4.78, 5) is 11.8. The van der Waals surface area contributed by atoms with Gasteiger partial charge in [-0.05, 0) is 56.4 Å². The van der Waals surface area contributed by atoms with Crippen LogP contribution in [0.2, 0.25) is 0 Å². The number of ether oxygens (including phenoxy) is 3. The van der Waals surface area contributed by atoms with Crippen LogP contribution >= 0.6 is 12.2 Å². The van der Waals surface area contributed by atoms with Crippen LogP contribution in [0.25, 0.3) is 0 Å². The minimum Gasteiger partial charge on any atom is -0.493 e. The number of carbonyl (C=O) groups excluding carboxylic acids is 1. The maximum Gasteiger partial charge on any atom is 0.338 e. The van der Waals surface area contributed by atoms with Crippen molar-refractivity contribution in [3.05, 3.63) is 54.1 Å². The van der Waals surface area contributed by atoms with Gasteiger partial charge in [-0.3, -0.25) is 0 Å². The van der Waals surface area contributed by atoms with Crippen LogP contribution in [0.3, 0.4) is 0 Å². The van der Waals surface area contributed by atoms with Crippen molar-refractivity contribution in [1.82, 2.24) is 5.32 Å². The molecule has 2 N–H and O–H groups in total. The first-order valence-corrected chi connectivity index (χ1v) is 9.04. The number of anilines is 1. The van der Waals surface area contributed by atoms with Crippen LogP contribution < -0.4 is 20.1 Å². The average Bonchev–Trinajstić information content (AvgIpc) is 2.66. The van der Waals surface area contributed by atoms with Gasteiger partial charge in [-0.25, -0.2) is 4.79 Å². The van der Waals surface area contributed by atoms with Gasteiger partial charge in [0.15, 0.2) is 16.6 Å². The lowest BCUT2D eigenvalue weighted by Crippen LogP contribution is -2.39. The first-order valence-electron chi connectivity index (χ1n) is 8.64. The van der Waals surface area contributed by atoms with E-state index in [-0.39, 0.29) is 12.0 Å². The predicted molar refractivity (Wildman–Crippen MR) is 110 cm³/mol. The van der Waals surface area contributed by atoms with E-state index in [1.807, 2.05) is 37.3 Å². The molecule has 0 aromatic heterocycles. The smallest absolute Gasteiger partial charge is 0.338 e. The van der Waals surface area contributed by atoms with Crippen molar-refractivity contribution in [2.75, 3.05) is 25.6 Å². The summed E-state index contributed by atoms with van der Waals surface area (Å²) in [6, 6.07) is 14.4. The van der Waals surface area contributed by atoms with Gasteiger partial charge in [0.05, 0.1) is 25.3 Å². The quantitative estimate of drug-likeness (QED) is 0.529. The number of esters is 1. The third-order valence-electron chi connectivity index (χ3n) is 3.57. The van der Waals surface area contributed by atoms with E-state index in [0.717, 1.165) is 0 Å². The second kappa shape index (κ2) is 10.4. The van der Waals surface area contributed by atoms with E-state index in [4.69, 9.17) is 26.4 Å². The van der Waals surface area contributed by atoms with Crippen LogP contribution in [0.4, 0.5) is 5.69 Å². The molecule has 0 aliphatic heterocycles. The van der Waals surface area contributed by atoms with Crippen molar-refractivity contribution in [1.29, 1.82) is 0 Å². The van der Waals surface area contributed by atoms with E-state index in [0.29, 0.717) is 41.1 Å². The van der Waals surface area contributed by atoms with Crippen molar-refractivity contribution in [3.63, 3.8) is 0 Å². The highest BCUT2D eigenvalue weighted by Gasteiger charge is 2.10. The molecule has 0 heterocycles. The molecule has 1 atom stereocenters. The maximum atomic E-state index is 11.8. The van der Waals surface area contributed by atoms with E-state index in [2.05, 4.69) is 10.6 Å². The van der Waals surface area contributed by atoms with Gasteiger partial charge in [0.2, 0.25) is 0 Å². The average molecular weight is 388 g/mol. The number of hydrogen-bond donors (Lipinski definition) is 2. The number of para-hydroxylation sites is 2. The van der Waals surface area contributed by atoms with E-state index >= 15 is 0 Å². The zero-order valence-electron chi connectivity index (χ0n) is 15.7. The summed E-state index contributed by atoms with van der Waals surface area (Å²) in [6.07, 6.45) is 0. The molecule has 2 rings (SSSR count). The summed E-state index contributed by atoms with van der Waals surface area (Å²) in [7, 11) is 1.60. The van der Waals surface area contributed by atoms with Crippen molar-refractivity contribution in [2.24, 2.45) is 0 Å². The highest BCUT2D eigenvalue weighted by Crippen LogP contribution is 2.25. The molecule has 0 aliphatic rings. The monoisotopic (exact) mass is 388 g/mol. The summed E-state index contributed by atoms with van der Waals surface area (Å²) in [5.41, 5.74) is 1.17. The molecule has 2 aromatic rings. The Kier molecular flexibility index (Phi) is 7.88. The van der Waals surface area contributed by atoms with Gasteiger partial charge >= 0.3 is 5.97 Å². The number of thiocarbonyl (C=S) groups is 1. The first kappa shape index (κ1) is 20.5. The van der Waals surface area contributed by atoms with E-state index < -0.39 is 0 Å². The van der Waals surface area contributed by atoms with E-state index in [1.54, 1.807) is 32.2 Å². The Hall–Kier alpha value is -2.80. The Labute approximate surface area is 164 Å². The Balaban J connectivity index is 1.86. The standard InChI is InChI=1S/C20H24N2O4S/c1-4-25-19(23)15-8-7-9-16(12-15)22-20(27)21-14(2)13-26-18-11-6-5-10-17(18)24-3/h5-12,14H,4,13H2,1-3H3,(H2,21,22,27)/t14-/m1/s1. The van der Waals surface area contributed by atoms with Crippen molar-refractivity contribution >= 4 is 29.0 Å². The number of nitrogens with one attached hydrogen (secondary N) is 2. The van der Waals surface area contributed by atoms with Crippen molar-refractivity contribution in [3.8, 4) is 11.5 Å². The van der Waals surface area contributed by atoms with E-state index in [1.165, 1.54) is 0 Å². The van der Waals surface area contributed by atoms with Crippen LogP contribution in [0.15, 0.2) is 48.5 Å². The second-order valence-electron chi connectivity index (χ2n) is 5.76. The third-order valence-corrected chi connectivity index (χ3v) is 3.79. The fraction of sp³-hybridized carbons (Fsp3) is 0.300. The van der Waals surface area contributed by atoms with Gasteiger partial charge in [0, 0.05) is 5.69 Å². The van der Waals surface area contributed by atoms with Crippen molar-refractivity contribution in [2.45, 2.75) is 19.9 Å². The zero-order chi connectivity index (χ0) is 19.6. The number of benzene rings is 2. The molecule has 0 unspecified atom stereocenters. The minimum absolute atomic E-state index is 0.0387. The summed E-state index contributed by atoms with van der Waals surface area (Å²) in [5, 5.41) is 6.65. The lowest BCUT2D eigenvalue weighted by Gasteiger charge is -2.18. The molecule has 0 saturated heterocycles. The minimum atomic E-state index is -0.362. The number of hydrogen-bond acceptors (Lipinski definition) is 5. The van der Waals surface area contributed by atoms with Crippen LogP contribution in [0.1, 0.15) is 24.2 Å². The fourth-order valence-corrected chi connectivity index (χ4v) is 2.64. The molecule has 27 heavy (non-hydrogen) atoms. The number of rotatable bonds is 8.